The van der Waals surface area contributed by atoms with Gasteiger partial charge < -0.3 is 4.42 Å². The first-order chi connectivity index (χ1) is 7.20. The number of aromatic nitrogens is 1. The van der Waals surface area contributed by atoms with Crippen molar-refractivity contribution in [2.45, 2.75) is 19.7 Å². The molecule has 0 radical (unpaired) electrons. The predicted octanol–water partition coefficient (Wildman–Crippen LogP) is 3.70. The molecule has 0 aliphatic heterocycles. The van der Waals surface area contributed by atoms with Gasteiger partial charge in [0.15, 0.2) is 12.2 Å². The van der Waals surface area contributed by atoms with Crippen molar-refractivity contribution in [2.75, 3.05) is 0 Å². The average molecular weight is 222 g/mol. The summed E-state index contributed by atoms with van der Waals surface area (Å²) in [6, 6.07) is 6.27. The normalized spacial score (nSPS) is 10.6. The lowest BCUT2D eigenvalue weighted by Crippen LogP contribution is -1.85. The number of hydrogen-bond donors (Lipinski definition) is 0. The Hall–Kier alpha value is -1.28. The summed E-state index contributed by atoms with van der Waals surface area (Å²) in [4.78, 5) is 4.07. The average Bonchev–Trinajstić information content (AvgIpc) is 2.63. The molecule has 0 unspecified atom stereocenters. The van der Waals surface area contributed by atoms with Crippen LogP contribution in [-0.4, -0.2) is 4.98 Å². The highest BCUT2D eigenvalue weighted by molar-refractivity contribution is 6.17. The van der Waals surface area contributed by atoms with Gasteiger partial charge >= 0.3 is 0 Å². The molecule has 2 nitrogen and oxygen atoms in total. The maximum Gasteiger partial charge on any atom is 0.181 e. The second kappa shape index (κ2) is 4.07. The van der Waals surface area contributed by atoms with E-state index in [-0.39, 0.29) is 0 Å². The van der Waals surface area contributed by atoms with Crippen LogP contribution in [0.25, 0.3) is 11.3 Å². The van der Waals surface area contributed by atoms with Crippen LogP contribution in [0.4, 0.5) is 0 Å². The molecule has 0 saturated carbocycles. The van der Waals surface area contributed by atoms with Crippen molar-refractivity contribution in [1.29, 1.82) is 0 Å². The molecule has 0 spiro atoms. The van der Waals surface area contributed by atoms with Crippen LogP contribution in [0.3, 0.4) is 0 Å². The van der Waals surface area contributed by atoms with E-state index in [1.54, 1.807) is 0 Å². The zero-order chi connectivity index (χ0) is 10.8. The van der Waals surface area contributed by atoms with Crippen molar-refractivity contribution in [2.24, 2.45) is 0 Å². The van der Waals surface area contributed by atoms with Crippen LogP contribution in [0.1, 0.15) is 16.8 Å². The minimum Gasteiger partial charge on any atom is -0.443 e. The molecule has 1 aromatic heterocycles. The maximum absolute atomic E-state index is 5.78. The Morgan fingerprint density at radius 2 is 1.87 bits per heavy atom. The largest absolute Gasteiger partial charge is 0.443 e. The van der Waals surface area contributed by atoms with Crippen molar-refractivity contribution in [3.8, 4) is 11.3 Å². The molecule has 0 saturated heterocycles. The van der Waals surface area contributed by atoms with Crippen molar-refractivity contribution in [1.82, 2.24) is 4.98 Å². The van der Waals surface area contributed by atoms with Crippen molar-refractivity contribution in [3.63, 3.8) is 0 Å². The van der Waals surface area contributed by atoms with E-state index in [9.17, 15) is 0 Å². The number of hydrogen-bond acceptors (Lipinski definition) is 2. The Kier molecular flexibility index (Phi) is 2.78. The number of oxazole rings is 1. The van der Waals surface area contributed by atoms with E-state index in [4.69, 9.17) is 16.0 Å². The van der Waals surface area contributed by atoms with Gasteiger partial charge in [-0.15, -0.1) is 11.6 Å². The first kappa shape index (κ1) is 10.2. The number of benzene rings is 1. The quantitative estimate of drug-likeness (QED) is 0.723. The molecule has 1 heterocycles. The molecular formula is C12H12ClNO. The molecular weight excluding hydrogens is 210 g/mol. The van der Waals surface area contributed by atoms with Gasteiger partial charge in [-0.2, -0.15) is 0 Å². The van der Waals surface area contributed by atoms with Crippen molar-refractivity contribution >= 4 is 11.6 Å². The zero-order valence-electron chi connectivity index (χ0n) is 8.75. The smallest absolute Gasteiger partial charge is 0.181 e. The second-order valence-electron chi connectivity index (χ2n) is 3.64. The van der Waals surface area contributed by atoms with Crippen LogP contribution in [0, 0.1) is 13.8 Å². The lowest BCUT2D eigenvalue weighted by atomic mass is 10.0. The second-order valence-corrected chi connectivity index (χ2v) is 3.91. The molecule has 3 heteroatoms. The Morgan fingerprint density at radius 3 is 2.47 bits per heavy atom. The molecule has 0 aliphatic carbocycles. The first-order valence-electron chi connectivity index (χ1n) is 4.77. The molecule has 0 aliphatic rings. The predicted molar refractivity (Wildman–Crippen MR) is 61.0 cm³/mol. The number of nitrogens with zero attached hydrogens (tertiary/aromatic N) is 1. The number of aryl methyl sites for hydroxylation is 2. The lowest BCUT2D eigenvalue weighted by Gasteiger charge is -2.02. The Labute approximate surface area is 93.9 Å². The fourth-order valence-electron chi connectivity index (χ4n) is 1.70. The minimum absolute atomic E-state index is 0.374. The molecule has 0 bridgehead atoms. The fraction of sp³-hybridized carbons (Fsp3) is 0.250. The van der Waals surface area contributed by atoms with Crippen molar-refractivity contribution in [3.05, 3.63) is 41.4 Å². The molecule has 0 atom stereocenters. The molecule has 15 heavy (non-hydrogen) atoms. The summed E-state index contributed by atoms with van der Waals surface area (Å²) in [5.74, 6) is 1.15. The van der Waals surface area contributed by atoms with E-state index in [0.29, 0.717) is 5.88 Å². The van der Waals surface area contributed by atoms with Crippen LogP contribution < -0.4 is 0 Å². The standard InChI is InChI=1S/C12H12ClNO/c1-8-3-9(2)5-10(4-8)12-11(6-13)14-7-15-12/h3-5,7H,6H2,1-2H3. The third-order valence-corrected chi connectivity index (χ3v) is 2.50. The summed E-state index contributed by atoms with van der Waals surface area (Å²) < 4.78 is 5.36. The maximum atomic E-state index is 5.78. The molecule has 0 fully saturated rings. The summed E-state index contributed by atoms with van der Waals surface area (Å²) in [5, 5.41) is 0. The summed E-state index contributed by atoms with van der Waals surface area (Å²) in [5.41, 5.74) is 4.26. The van der Waals surface area contributed by atoms with Gasteiger partial charge in [-0.3, -0.25) is 0 Å². The Bertz CT molecular complexity index is 456. The van der Waals surface area contributed by atoms with Crippen LogP contribution in [0.15, 0.2) is 29.0 Å². The van der Waals surface area contributed by atoms with Gasteiger partial charge in [-0.25, -0.2) is 4.98 Å². The van der Waals surface area contributed by atoms with E-state index in [2.05, 4.69) is 37.0 Å². The summed E-state index contributed by atoms with van der Waals surface area (Å²) in [6.45, 7) is 4.13. The van der Waals surface area contributed by atoms with Crippen LogP contribution in [-0.2, 0) is 5.88 Å². The molecule has 0 N–H and O–H groups in total. The molecule has 78 valence electrons. The van der Waals surface area contributed by atoms with Gasteiger partial charge in [0.05, 0.1) is 5.88 Å². The Balaban J connectivity index is 2.53. The molecule has 1 aromatic carbocycles. The van der Waals surface area contributed by atoms with Gasteiger partial charge in [-0.05, 0) is 26.0 Å². The minimum atomic E-state index is 0.374. The highest BCUT2D eigenvalue weighted by Gasteiger charge is 2.10. The fourth-order valence-corrected chi connectivity index (χ4v) is 1.90. The third-order valence-electron chi connectivity index (χ3n) is 2.25. The van der Waals surface area contributed by atoms with Crippen LogP contribution >= 0.6 is 11.6 Å². The van der Waals surface area contributed by atoms with E-state index < -0.39 is 0 Å². The van der Waals surface area contributed by atoms with Crippen molar-refractivity contribution < 1.29 is 4.42 Å². The summed E-state index contributed by atoms with van der Waals surface area (Å²) in [7, 11) is 0. The topological polar surface area (TPSA) is 26.0 Å². The van der Waals surface area contributed by atoms with Gasteiger partial charge in [0.1, 0.15) is 5.69 Å². The SMILES string of the molecule is Cc1cc(C)cc(-c2ocnc2CCl)c1. The number of alkyl halides is 1. The zero-order valence-corrected chi connectivity index (χ0v) is 9.51. The molecule has 2 rings (SSSR count). The monoisotopic (exact) mass is 221 g/mol. The van der Waals surface area contributed by atoms with Crippen LogP contribution in [0.5, 0.6) is 0 Å². The number of halogens is 1. The van der Waals surface area contributed by atoms with E-state index in [1.165, 1.54) is 17.5 Å². The van der Waals surface area contributed by atoms with Gasteiger partial charge in [0.25, 0.3) is 0 Å². The summed E-state index contributed by atoms with van der Waals surface area (Å²) >= 11 is 5.78. The van der Waals surface area contributed by atoms with Gasteiger partial charge in [-0.1, -0.05) is 17.2 Å². The van der Waals surface area contributed by atoms with Gasteiger partial charge in [0, 0.05) is 5.56 Å². The van der Waals surface area contributed by atoms with Gasteiger partial charge in [0.2, 0.25) is 0 Å². The Morgan fingerprint density at radius 1 is 1.20 bits per heavy atom. The van der Waals surface area contributed by atoms with E-state index >= 15 is 0 Å². The van der Waals surface area contributed by atoms with E-state index in [0.717, 1.165) is 17.0 Å². The summed E-state index contributed by atoms with van der Waals surface area (Å²) in [6.07, 6.45) is 1.44. The highest BCUT2D eigenvalue weighted by atomic mass is 35.5. The van der Waals surface area contributed by atoms with E-state index in [1.807, 2.05) is 0 Å². The first-order valence-corrected chi connectivity index (χ1v) is 5.31. The van der Waals surface area contributed by atoms with Crippen LogP contribution in [0.2, 0.25) is 0 Å². The third kappa shape index (κ3) is 2.05. The number of rotatable bonds is 2. The molecule has 0 amide bonds. The highest BCUT2D eigenvalue weighted by Crippen LogP contribution is 2.26. The lowest BCUT2D eigenvalue weighted by molar-refractivity contribution is 0.571. The molecule has 2 aromatic rings.